The molecule has 0 rings (SSSR count). The first kappa shape index (κ1) is 54.3. The van der Waals surface area contributed by atoms with E-state index >= 15 is 0 Å². The van der Waals surface area contributed by atoms with Gasteiger partial charge in [-0.2, -0.15) is 0 Å². The van der Waals surface area contributed by atoms with E-state index in [0.29, 0.717) is 19.3 Å². The van der Waals surface area contributed by atoms with Crippen LogP contribution in [0, 0.1) is 0 Å². The summed E-state index contributed by atoms with van der Waals surface area (Å²) in [4.78, 5) is 26.0. The summed E-state index contributed by atoms with van der Waals surface area (Å²) in [5.74, 6) is -0.472. The van der Waals surface area contributed by atoms with Gasteiger partial charge in [-0.05, 0) is 51.4 Å². The van der Waals surface area contributed by atoms with Gasteiger partial charge in [0.1, 0.15) is 6.10 Å². The molecule has 330 valence electrons. The summed E-state index contributed by atoms with van der Waals surface area (Å²) in [6.45, 7) is 6.38. The Balaban J connectivity index is 4.55. The number of nitrogens with one attached hydrogen (secondary N) is 1. The van der Waals surface area contributed by atoms with E-state index in [0.717, 1.165) is 64.2 Å². The van der Waals surface area contributed by atoms with Gasteiger partial charge in [0.2, 0.25) is 5.91 Å². The molecule has 0 aliphatic carbocycles. The van der Waals surface area contributed by atoms with Crippen LogP contribution < -0.4 is 5.32 Å². The van der Waals surface area contributed by atoms with Crippen LogP contribution in [0.2, 0.25) is 0 Å². The Morgan fingerprint density at radius 3 is 1.45 bits per heavy atom. The molecule has 0 heterocycles. The summed E-state index contributed by atoms with van der Waals surface area (Å²) in [5.41, 5.74) is 0. The van der Waals surface area contributed by atoms with Gasteiger partial charge in [-0.3, -0.25) is 9.59 Å². The van der Waals surface area contributed by atoms with Gasteiger partial charge >= 0.3 is 5.97 Å². The Bertz CT molecular complexity index is 889. The van der Waals surface area contributed by atoms with Crippen molar-refractivity contribution in [2.24, 2.45) is 0 Å². The summed E-state index contributed by atoms with van der Waals surface area (Å²) in [6, 6.07) is -0.696. The molecule has 0 radical (unpaired) electrons. The van der Waals surface area contributed by atoms with Crippen LogP contribution in [0.4, 0.5) is 0 Å². The number of ether oxygens (including phenoxy) is 1. The molecule has 0 fully saturated rings. The molecular formula is C50H95NO5. The molecule has 0 saturated heterocycles. The third-order valence-corrected chi connectivity index (χ3v) is 11.3. The van der Waals surface area contributed by atoms with Crippen molar-refractivity contribution in [3.05, 3.63) is 24.3 Å². The fourth-order valence-corrected chi connectivity index (χ4v) is 7.59. The highest BCUT2D eigenvalue weighted by Crippen LogP contribution is 2.18. The van der Waals surface area contributed by atoms with Crippen LogP contribution >= 0.6 is 0 Å². The second-order valence-corrected chi connectivity index (χ2v) is 16.8. The molecule has 0 aromatic rings. The maximum Gasteiger partial charge on any atom is 0.306 e. The van der Waals surface area contributed by atoms with Gasteiger partial charge in [-0.15, -0.1) is 0 Å². The van der Waals surface area contributed by atoms with Gasteiger partial charge in [0.05, 0.1) is 25.2 Å². The number of rotatable bonds is 44. The Kier molecular flexibility index (Phi) is 43.1. The van der Waals surface area contributed by atoms with E-state index in [2.05, 4.69) is 50.4 Å². The van der Waals surface area contributed by atoms with Gasteiger partial charge in [0, 0.05) is 6.42 Å². The van der Waals surface area contributed by atoms with Crippen molar-refractivity contribution in [2.75, 3.05) is 6.61 Å². The fourth-order valence-electron chi connectivity index (χ4n) is 7.59. The zero-order valence-electron chi connectivity index (χ0n) is 37.5. The number of carbonyl (C=O) groups is 2. The highest BCUT2D eigenvalue weighted by molar-refractivity contribution is 5.77. The Morgan fingerprint density at radius 2 is 0.964 bits per heavy atom. The molecule has 0 aromatic heterocycles. The molecule has 0 aliphatic rings. The monoisotopic (exact) mass is 790 g/mol. The topological polar surface area (TPSA) is 95.9 Å². The summed E-state index contributed by atoms with van der Waals surface area (Å²) < 4.78 is 5.92. The predicted molar refractivity (Wildman–Crippen MR) is 241 cm³/mol. The minimum atomic E-state index is -0.783. The lowest BCUT2D eigenvalue weighted by molar-refractivity contribution is -0.151. The maximum atomic E-state index is 13.2. The SMILES string of the molecule is CC/C=C/C/C=C/CCCCCCCCCC(=O)OC(CCCCCCCCCCCCCC)CC(=O)NC(CO)C(O)CCCCCCCCCCCCC. The smallest absolute Gasteiger partial charge is 0.306 e. The van der Waals surface area contributed by atoms with E-state index < -0.39 is 18.2 Å². The average molecular weight is 790 g/mol. The van der Waals surface area contributed by atoms with Crippen LogP contribution in [0.25, 0.3) is 0 Å². The standard InChI is InChI=1S/C50H95NO5/c1-4-7-10-13-16-19-22-24-25-28-31-34-37-40-43-50(55)56-46(41-38-35-32-29-27-23-20-17-14-11-8-5-2)44-49(54)51-47(45-52)48(53)42-39-36-33-30-26-21-18-15-12-9-6-3/h7,10,16,19,46-48,52-53H,4-6,8-9,11-15,17-18,20-45H2,1-3H3,(H,51,54)/b10-7+,19-16+. The number of amides is 1. The van der Waals surface area contributed by atoms with Crippen LogP contribution in [-0.2, 0) is 14.3 Å². The van der Waals surface area contributed by atoms with Crippen molar-refractivity contribution in [3.8, 4) is 0 Å². The highest BCUT2D eigenvalue weighted by Gasteiger charge is 2.24. The summed E-state index contributed by atoms with van der Waals surface area (Å²) >= 11 is 0. The fraction of sp³-hybridized carbons (Fsp3) is 0.880. The van der Waals surface area contributed by atoms with Gasteiger partial charge in [0.25, 0.3) is 0 Å². The minimum Gasteiger partial charge on any atom is -0.462 e. The van der Waals surface area contributed by atoms with Gasteiger partial charge in [-0.25, -0.2) is 0 Å². The molecule has 0 bridgehead atoms. The largest absolute Gasteiger partial charge is 0.462 e. The molecule has 1 amide bonds. The number of hydrogen-bond acceptors (Lipinski definition) is 5. The van der Waals surface area contributed by atoms with Crippen molar-refractivity contribution < 1.29 is 24.5 Å². The van der Waals surface area contributed by atoms with Crippen LogP contribution in [-0.4, -0.2) is 46.9 Å². The van der Waals surface area contributed by atoms with E-state index in [1.165, 1.54) is 148 Å². The number of aliphatic hydroxyl groups excluding tert-OH is 2. The first-order valence-corrected chi connectivity index (χ1v) is 24.6. The van der Waals surface area contributed by atoms with Crippen LogP contribution in [0.15, 0.2) is 24.3 Å². The normalized spacial score (nSPS) is 13.4. The molecule has 56 heavy (non-hydrogen) atoms. The number of aliphatic hydroxyl groups is 2. The van der Waals surface area contributed by atoms with Crippen molar-refractivity contribution in [2.45, 2.75) is 277 Å². The molecule has 3 unspecified atom stereocenters. The van der Waals surface area contributed by atoms with Crippen LogP contribution in [0.1, 0.15) is 258 Å². The number of hydrogen-bond donors (Lipinski definition) is 3. The molecule has 0 saturated carbocycles. The first-order valence-electron chi connectivity index (χ1n) is 24.6. The molecule has 0 aliphatic heterocycles. The molecule has 6 heteroatoms. The van der Waals surface area contributed by atoms with Crippen molar-refractivity contribution in [1.82, 2.24) is 5.32 Å². The van der Waals surface area contributed by atoms with Crippen molar-refractivity contribution in [3.63, 3.8) is 0 Å². The quantitative estimate of drug-likeness (QED) is 0.0324. The summed E-state index contributed by atoms with van der Waals surface area (Å²) in [5, 5.41) is 23.7. The average Bonchev–Trinajstić information content (AvgIpc) is 3.19. The molecular weight excluding hydrogens is 695 g/mol. The first-order chi connectivity index (χ1) is 27.5. The zero-order chi connectivity index (χ0) is 41.0. The molecule has 6 nitrogen and oxygen atoms in total. The number of unbranched alkanes of at least 4 members (excludes halogenated alkanes) is 28. The Labute approximate surface area is 348 Å². The zero-order valence-corrected chi connectivity index (χ0v) is 37.5. The van der Waals surface area contributed by atoms with E-state index in [1.807, 2.05) is 0 Å². The summed E-state index contributed by atoms with van der Waals surface area (Å²) in [6.07, 6.45) is 49.5. The van der Waals surface area contributed by atoms with E-state index in [4.69, 9.17) is 4.74 Å². The highest BCUT2D eigenvalue weighted by atomic mass is 16.5. The van der Waals surface area contributed by atoms with Gasteiger partial charge < -0.3 is 20.3 Å². The third kappa shape index (κ3) is 39.2. The second-order valence-electron chi connectivity index (χ2n) is 16.8. The summed E-state index contributed by atoms with van der Waals surface area (Å²) in [7, 11) is 0. The van der Waals surface area contributed by atoms with Gasteiger partial charge in [0.15, 0.2) is 0 Å². The van der Waals surface area contributed by atoms with E-state index in [1.54, 1.807) is 0 Å². The lowest BCUT2D eigenvalue weighted by Crippen LogP contribution is -2.46. The predicted octanol–water partition coefficient (Wildman–Crippen LogP) is 14.3. The number of carbonyl (C=O) groups excluding carboxylic acids is 2. The second kappa shape index (κ2) is 44.4. The molecule has 3 N–H and O–H groups in total. The number of esters is 1. The molecule has 3 atom stereocenters. The molecule has 0 aromatic carbocycles. The van der Waals surface area contributed by atoms with Gasteiger partial charge in [-0.1, -0.05) is 218 Å². The van der Waals surface area contributed by atoms with Crippen molar-refractivity contribution >= 4 is 11.9 Å². The van der Waals surface area contributed by atoms with E-state index in [-0.39, 0.29) is 24.9 Å². The molecule has 0 spiro atoms. The van der Waals surface area contributed by atoms with Crippen LogP contribution in [0.3, 0.4) is 0 Å². The lowest BCUT2D eigenvalue weighted by atomic mass is 10.0. The minimum absolute atomic E-state index is 0.0794. The third-order valence-electron chi connectivity index (χ3n) is 11.3. The lowest BCUT2D eigenvalue weighted by Gasteiger charge is -2.24. The Morgan fingerprint density at radius 1 is 0.536 bits per heavy atom. The van der Waals surface area contributed by atoms with Crippen molar-refractivity contribution in [1.29, 1.82) is 0 Å². The van der Waals surface area contributed by atoms with E-state index in [9.17, 15) is 19.8 Å². The van der Waals surface area contributed by atoms with Crippen LogP contribution in [0.5, 0.6) is 0 Å². The number of allylic oxidation sites excluding steroid dienone is 4. The Hall–Kier alpha value is -1.66. The maximum absolute atomic E-state index is 13.2.